The third-order valence-corrected chi connectivity index (χ3v) is 4.61. The predicted molar refractivity (Wildman–Crippen MR) is 78.0 cm³/mol. The van der Waals surface area contributed by atoms with Crippen molar-refractivity contribution < 1.29 is 14.7 Å². The number of nitrogens with one attached hydrogen (secondary N) is 1. The number of hydrogen-bond acceptors (Lipinski definition) is 3. The molecule has 0 saturated carbocycles. The van der Waals surface area contributed by atoms with Crippen LogP contribution >= 0.6 is 11.3 Å². The first-order chi connectivity index (χ1) is 9.61. The lowest BCUT2D eigenvalue weighted by molar-refractivity contribution is -0.137. The fourth-order valence-corrected chi connectivity index (χ4v) is 3.50. The Morgan fingerprint density at radius 2 is 2.35 bits per heavy atom. The van der Waals surface area contributed by atoms with Crippen LogP contribution in [0.5, 0.6) is 0 Å². The highest BCUT2D eigenvalue weighted by Crippen LogP contribution is 2.33. The van der Waals surface area contributed by atoms with E-state index in [1.165, 1.54) is 10.4 Å². The first kappa shape index (κ1) is 14.8. The first-order valence-corrected chi connectivity index (χ1v) is 7.83. The van der Waals surface area contributed by atoms with Crippen molar-refractivity contribution in [2.24, 2.45) is 0 Å². The largest absolute Gasteiger partial charge is 0.481 e. The summed E-state index contributed by atoms with van der Waals surface area (Å²) in [5.41, 5.74) is 1.23. The minimum atomic E-state index is -0.881. The van der Waals surface area contributed by atoms with Gasteiger partial charge in [0.1, 0.15) is 0 Å². The maximum Gasteiger partial charge on any atom is 0.317 e. The van der Waals surface area contributed by atoms with Gasteiger partial charge in [-0.2, -0.15) is 0 Å². The summed E-state index contributed by atoms with van der Waals surface area (Å²) in [5.74, 6) is -0.881. The number of urea groups is 1. The summed E-state index contributed by atoms with van der Waals surface area (Å²) in [7, 11) is 0. The zero-order valence-corrected chi connectivity index (χ0v) is 12.4. The Morgan fingerprint density at radius 1 is 1.55 bits per heavy atom. The molecule has 2 amide bonds. The topological polar surface area (TPSA) is 69.6 Å². The zero-order valence-electron chi connectivity index (χ0n) is 11.6. The van der Waals surface area contributed by atoms with Gasteiger partial charge < -0.3 is 15.3 Å². The number of carbonyl (C=O) groups is 2. The van der Waals surface area contributed by atoms with Crippen molar-refractivity contribution in [3.63, 3.8) is 0 Å². The van der Waals surface area contributed by atoms with Crippen LogP contribution in [0, 0.1) is 0 Å². The van der Waals surface area contributed by atoms with Crippen LogP contribution < -0.4 is 5.32 Å². The van der Waals surface area contributed by atoms with E-state index in [9.17, 15) is 9.59 Å². The van der Waals surface area contributed by atoms with E-state index in [0.29, 0.717) is 6.54 Å². The molecule has 0 fully saturated rings. The number of aliphatic carboxylic acids is 1. The fraction of sp³-hybridized carbons (Fsp3) is 0.571. The second-order valence-electron chi connectivity index (χ2n) is 4.92. The minimum Gasteiger partial charge on any atom is -0.481 e. The average Bonchev–Trinajstić information content (AvgIpc) is 2.88. The maximum absolute atomic E-state index is 12.2. The number of aryl methyl sites for hydroxylation is 1. The van der Waals surface area contributed by atoms with Crippen molar-refractivity contribution in [1.82, 2.24) is 10.2 Å². The third-order valence-electron chi connectivity index (χ3n) is 3.61. The summed E-state index contributed by atoms with van der Waals surface area (Å²) in [6, 6.07) is 1.98. The van der Waals surface area contributed by atoms with Gasteiger partial charge in [0, 0.05) is 18.0 Å². The number of hydrogen-bond donors (Lipinski definition) is 2. The van der Waals surface area contributed by atoms with Gasteiger partial charge in [0.05, 0.1) is 12.5 Å². The maximum atomic E-state index is 12.2. The summed E-state index contributed by atoms with van der Waals surface area (Å²) >= 11 is 1.74. The van der Waals surface area contributed by atoms with Crippen molar-refractivity contribution in [1.29, 1.82) is 0 Å². The molecule has 0 saturated heterocycles. The number of thiophene rings is 1. The van der Waals surface area contributed by atoms with Gasteiger partial charge in [0.25, 0.3) is 0 Å². The van der Waals surface area contributed by atoms with Crippen LogP contribution in [0.1, 0.15) is 42.7 Å². The number of carbonyl (C=O) groups excluding carboxylic acids is 1. The molecule has 1 aromatic heterocycles. The van der Waals surface area contributed by atoms with E-state index in [1.54, 1.807) is 16.2 Å². The van der Waals surface area contributed by atoms with Gasteiger partial charge >= 0.3 is 12.0 Å². The number of nitrogens with zero attached hydrogens (tertiary/aromatic N) is 1. The smallest absolute Gasteiger partial charge is 0.317 e. The van der Waals surface area contributed by atoms with Crippen LogP contribution in [-0.2, 0) is 11.2 Å². The summed E-state index contributed by atoms with van der Waals surface area (Å²) in [5, 5.41) is 13.8. The van der Waals surface area contributed by atoms with E-state index in [2.05, 4.69) is 16.8 Å². The Kier molecular flexibility index (Phi) is 5.00. The lowest BCUT2D eigenvalue weighted by atomic mass is 9.94. The van der Waals surface area contributed by atoms with Crippen molar-refractivity contribution in [3.8, 4) is 0 Å². The molecule has 2 rings (SSSR count). The molecule has 0 spiro atoms. The van der Waals surface area contributed by atoms with Gasteiger partial charge in [-0.1, -0.05) is 0 Å². The Morgan fingerprint density at radius 3 is 3.05 bits per heavy atom. The first-order valence-electron chi connectivity index (χ1n) is 6.95. The van der Waals surface area contributed by atoms with Gasteiger partial charge in [-0.3, -0.25) is 4.79 Å². The van der Waals surface area contributed by atoms with Gasteiger partial charge in [-0.05, 0) is 43.2 Å². The molecule has 1 aromatic rings. The highest BCUT2D eigenvalue weighted by Gasteiger charge is 2.24. The van der Waals surface area contributed by atoms with Crippen molar-refractivity contribution >= 4 is 23.3 Å². The molecule has 1 unspecified atom stereocenters. The van der Waals surface area contributed by atoms with Crippen LogP contribution in [0.2, 0.25) is 0 Å². The molecule has 0 bridgehead atoms. The van der Waals surface area contributed by atoms with Crippen LogP contribution in [0.3, 0.4) is 0 Å². The zero-order chi connectivity index (χ0) is 14.5. The van der Waals surface area contributed by atoms with Gasteiger partial charge in [0.2, 0.25) is 0 Å². The number of fused-ring (bicyclic) bond motifs is 1. The number of rotatable bonds is 5. The van der Waals surface area contributed by atoms with Crippen molar-refractivity contribution in [2.45, 2.75) is 38.6 Å². The molecule has 20 heavy (non-hydrogen) atoms. The lowest BCUT2D eigenvalue weighted by Crippen LogP contribution is -2.43. The summed E-state index contributed by atoms with van der Waals surface area (Å²) < 4.78 is 0. The number of amides is 2. The van der Waals surface area contributed by atoms with Crippen LogP contribution in [0.4, 0.5) is 4.79 Å². The molecular formula is C14H20N2O3S. The molecule has 110 valence electrons. The minimum absolute atomic E-state index is 0.0182. The molecule has 0 aliphatic heterocycles. The highest BCUT2D eigenvalue weighted by atomic mass is 32.1. The van der Waals surface area contributed by atoms with Gasteiger partial charge in [-0.15, -0.1) is 11.3 Å². The van der Waals surface area contributed by atoms with E-state index in [-0.39, 0.29) is 25.0 Å². The second kappa shape index (κ2) is 6.74. The van der Waals surface area contributed by atoms with Crippen LogP contribution in [0.25, 0.3) is 0 Å². The molecule has 1 aliphatic rings. The van der Waals surface area contributed by atoms with E-state index >= 15 is 0 Å². The van der Waals surface area contributed by atoms with Crippen LogP contribution in [-0.4, -0.2) is 35.1 Å². The molecular weight excluding hydrogens is 276 g/mol. The normalized spacial score (nSPS) is 17.4. The summed E-state index contributed by atoms with van der Waals surface area (Å²) in [6.07, 6.45) is 3.11. The SMILES string of the molecule is CCN(CCC(=O)O)C(=O)NC1CCCc2sccc21. The quantitative estimate of drug-likeness (QED) is 0.877. The molecule has 5 nitrogen and oxygen atoms in total. The molecule has 1 aliphatic carbocycles. The average molecular weight is 296 g/mol. The number of carboxylic acids is 1. The van der Waals surface area contributed by atoms with Crippen LogP contribution in [0.15, 0.2) is 11.4 Å². The Hall–Kier alpha value is -1.56. The van der Waals surface area contributed by atoms with Crippen molar-refractivity contribution in [3.05, 3.63) is 21.9 Å². The molecule has 0 radical (unpaired) electrons. The van der Waals surface area contributed by atoms with Crippen molar-refractivity contribution in [2.75, 3.05) is 13.1 Å². The Bertz CT molecular complexity index is 487. The van der Waals surface area contributed by atoms with Gasteiger partial charge in [0.15, 0.2) is 0 Å². The van der Waals surface area contributed by atoms with E-state index < -0.39 is 5.97 Å². The molecule has 2 N–H and O–H groups in total. The van der Waals surface area contributed by atoms with Gasteiger partial charge in [-0.25, -0.2) is 4.79 Å². The third kappa shape index (κ3) is 3.50. The van der Waals surface area contributed by atoms with E-state index in [1.807, 2.05) is 6.92 Å². The number of carboxylic acid groups (broad SMARTS) is 1. The van der Waals surface area contributed by atoms with E-state index in [0.717, 1.165) is 19.3 Å². The standard InChI is InChI=1S/C14H20N2O3S/c1-2-16(8-6-13(17)18)14(19)15-11-4-3-5-12-10(11)7-9-20-12/h7,9,11H,2-6,8H2,1H3,(H,15,19)(H,17,18). The lowest BCUT2D eigenvalue weighted by Gasteiger charge is -2.27. The molecule has 1 atom stereocenters. The highest BCUT2D eigenvalue weighted by molar-refractivity contribution is 7.10. The molecule has 6 heteroatoms. The Labute approximate surface area is 122 Å². The summed E-state index contributed by atoms with van der Waals surface area (Å²) in [6.45, 7) is 2.63. The molecule has 1 heterocycles. The summed E-state index contributed by atoms with van der Waals surface area (Å²) in [4.78, 5) is 25.7. The molecule has 0 aromatic carbocycles. The predicted octanol–water partition coefficient (Wildman–Crippen LogP) is 2.63. The second-order valence-corrected chi connectivity index (χ2v) is 5.92. The monoisotopic (exact) mass is 296 g/mol. The Balaban J connectivity index is 1.96. The fourth-order valence-electron chi connectivity index (χ4n) is 2.51. The van der Waals surface area contributed by atoms with E-state index in [4.69, 9.17) is 5.11 Å².